The maximum atomic E-state index is 11.2. The number of aliphatic imine (C=N–C) groups is 1. The Labute approximate surface area is 81.6 Å². The molecule has 1 amide bonds. The lowest BCUT2D eigenvalue weighted by Gasteiger charge is -2.05. The Morgan fingerprint density at radius 2 is 2.46 bits per heavy atom. The molecule has 1 aliphatic heterocycles. The fraction of sp³-hybridized carbons (Fsp3) is 0.750. The van der Waals surface area contributed by atoms with E-state index in [1.165, 1.54) is 0 Å². The van der Waals surface area contributed by atoms with Gasteiger partial charge < -0.3 is 10.6 Å². The molecule has 0 aromatic carbocycles. The van der Waals surface area contributed by atoms with Crippen molar-refractivity contribution in [3.63, 3.8) is 0 Å². The van der Waals surface area contributed by atoms with E-state index in [9.17, 15) is 4.79 Å². The first-order chi connectivity index (χ1) is 6.34. The number of carbonyl (C=O) groups is 1. The van der Waals surface area contributed by atoms with Crippen LogP contribution in [-0.2, 0) is 4.79 Å². The van der Waals surface area contributed by atoms with Crippen molar-refractivity contribution in [2.45, 2.75) is 18.9 Å². The lowest BCUT2D eigenvalue weighted by Crippen LogP contribution is -2.36. The van der Waals surface area contributed by atoms with Gasteiger partial charge in [0, 0.05) is 11.8 Å². The fourth-order valence-electron chi connectivity index (χ4n) is 1.10. The van der Waals surface area contributed by atoms with Gasteiger partial charge in [0.1, 0.15) is 0 Å². The molecule has 5 heteroatoms. The summed E-state index contributed by atoms with van der Waals surface area (Å²) in [5, 5.41) is 6.84. The molecule has 2 aliphatic rings. The Morgan fingerprint density at radius 1 is 1.62 bits per heavy atom. The molecule has 0 spiro atoms. The second kappa shape index (κ2) is 4.00. The molecule has 0 bridgehead atoms. The number of hydrogen-bond donors (Lipinski definition) is 2. The molecule has 1 fully saturated rings. The highest BCUT2D eigenvalue weighted by Gasteiger charge is 2.23. The Kier molecular flexibility index (Phi) is 2.73. The number of carbonyl (C=O) groups excluding carboxylic acids is 1. The minimum Gasteiger partial charge on any atom is -0.356 e. The quantitative estimate of drug-likeness (QED) is 0.670. The molecule has 72 valence electrons. The van der Waals surface area contributed by atoms with Gasteiger partial charge in [-0.1, -0.05) is 11.8 Å². The van der Waals surface area contributed by atoms with Crippen LogP contribution < -0.4 is 10.6 Å². The van der Waals surface area contributed by atoms with Crippen molar-refractivity contribution in [3.05, 3.63) is 0 Å². The Bertz CT molecular complexity index is 238. The zero-order valence-electron chi connectivity index (χ0n) is 7.38. The van der Waals surface area contributed by atoms with E-state index >= 15 is 0 Å². The number of nitrogens with one attached hydrogen (secondary N) is 2. The van der Waals surface area contributed by atoms with Gasteiger partial charge in [-0.15, -0.1) is 0 Å². The smallest absolute Gasteiger partial charge is 0.239 e. The molecule has 1 aliphatic carbocycles. The lowest BCUT2D eigenvalue weighted by atomic mass is 10.5. The van der Waals surface area contributed by atoms with Crippen LogP contribution in [0, 0.1) is 0 Å². The highest BCUT2D eigenvalue weighted by molar-refractivity contribution is 8.14. The minimum absolute atomic E-state index is 0.0812. The summed E-state index contributed by atoms with van der Waals surface area (Å²) >= 11 is 1.68. The zero-order valence-corrected chi connectivity index (χ0v) is 8.19. The molecule has 0 saturated heterocycles. The molecule has 1 saturated carbocycles. The van der Waals surface area contributed by atoms with Gasteiger partial charge in [0.15, 0.2) is 5.17 Å². The van der Waals surface area contributed by atoms with Crippen molar-refractivity contribution in [3.8, 4) is 0 Å². The summed E-state index contributed by atoms with van der Waals surface area (Å²) in [5.41, 5.74) is 0. The van der Waals surface area contributed by atoms with Crippen LogP contribution in [0.2, 0.25) is 0 Å². The molecule has 2 rings (SSSR count). The van der Waals surface area contributed by atoms with Crippen LogP contribution in [0.1, 0.15) is 12.8 Å². The Hall–Kier alpha value is -0.710. The van der Waals surface area contributed by atoms with E-state index in [1.807, 2.05) is 0 Å². The molecular weight excluding hydrogens is 186 g/mol. The van der Waals surface area contributed by atoms with Gasteiger partial charge in [0.2, 0.25) is 5.91 Å². The number of rotatable bonds is 3. The van der Waals surface area contributed by atoms with Gasteiger partial charge in [-0.3, -0.25) is 9.79 Å². The number of thioether (sulfide) groups is 1. The van der Waals surface area contributed by atoms with Gasteiger partial charge in [0.05, 0.1) is 13.1 Å². The van der Waals surface area contributed by atoms with Crippen molar-refractivity contribution in [1.82, 2.24) is 10.6 Å². The second-order valence-corrected chi connectivity index (χ2v) is 4.31. The van der Waals surface area contributed by atoms with E-state index in [0.717, 1.165) is 30.3 Å². The van der Waals surface area contributed by atoms with Gasteiger partial charge in [0.25, 0.3) is 0 Å². The van der Waals surface area contributed by atoms with Crippen molar-refractivity contribution >= 4 is 22.8 Å². The molecular formula is C8H13N3OS. The van der Waals surface area contributed by atoms with Crippen LogP contribution in [0.25, 0.3) is 0 Å². The van der Waals surface area contributed by atoms with Gasteiger partial charge >= 0.3 is 0 Å². The molecule has 0 aromatic rings. The van der Waals surface area contributed by atoms with Crippen LogP contribution in [0.4, 0.5) is 0 Å². The summed E-state index contributed by atoms with van der Waals surface area (Å²) in [4.78, 5) is 15.4. The van der Waals surface area contributed by atoms with Crippen LogP contribution in [0.15, 0.2) is 4.99 Å². The highest BCUT2D eigenvalue weighted by atomic mass is 32.2. The average molecular weight is 199 g/mol. The van der Waals surface area contributed by atoms with Crippen molar-refractivity contribution in [1.29, 1.82) is 0 Å². The first-order valence-corrected chi connectivity index (χ1v) is 5.53. The van der Waals surface area contributed by atoms with Crippen molar-refractivity contribution in [2.24, 2.45) is 4.99 Å². The van der Waals surface area contributed by atoms with Crippen LogP contribution in [0.3, 0.4) is 0 Å². The molecule has 1 heterocycles. The van der Waals surface area contributed by atoms with E-state index in [4.69, 9.17) is 0 Å². The molecule has 13 heavy (non-hydrogen) atoms. The molecule has 0 radical (unpaired) electrons. The van der Waals surface area contributed by atoms with Crippen molar-refractivity contribution < 1.29 is 4.79 Å². The van der Waals surface area contributed by atoms with E-state index in [-0.39, 0.29) is 5.91 Å². The number of amidine groups is 1. The minimum atomic E-state index is 0.0812. The van der Waals surface area contributed by atoms with E-state index in [1.54, 1.807) is 11.8 Å². The van der Waals surface area contributed by atoms with Crippen molar-refractivity contribution in [2.75, 3.05) is 18.8 Å². The van der Waals surface area contributed by atoms with Crippen LogP contribution in [0.5, 0.6) is 0 Å². The Balaban J connectivity index is 1.62. The lowest BCUT2D eigenvalue weighted by molar-refractivity contribution is -0.120. The average Bonchev–Trinajstić information content (AvgIpc) is 2.78. The zero-order chi connectivity index (χ0) is 9.10. The third kappa shape index (κ3) is 2.91. The summed E-state index contributed by atoms with van der Waals surface area (Å²) in [7, 11) is 0. The first-order valence-electron chi connectivity index (χ1n) is 4.55. The van der Waals surface area contributed by atoms with Crippen LogP contribution in [-0.4, -0.2) is 36.0 Å². The summed E-state index contributed by atoms with van der Waals surface area (Å²) < 4.78 is 0. The molecule has 4 nitrogen and oxygen atoms in total. The Morgan fingerprint density at radius 3 is 3.08 bits per heavy atom. The van der Waals surface area contributed by atoms with E-state index in [0.29, 0.717) is 12.6 Å². The normalized spacial score (nSPS) is 21.1. The summed E-state index contributed by atoms with van der Waals surface area (Å²) in [6.07, 6.45) is 2.28. The SMILES string of the molecule is O=C(CNC1=NCCS1)NC1CC1. The predicted molar refractivity (Wildman–Crippen MR) is 53.9 cm³/mol. The van der Waals surface area contributed by atoms with E-state index < -0.39 is 0 Å². The summed E-state index contributed by atoms with van der Waals surface area (Å²) in [5.74, 6) is 1.12. The molecule has 0 atom stereocenters. The monoisotopic (exact) mass is 199 g/mol. The predicted octanol–water partition coefficient (Wildman–Crippen LogP) is -0.0426. The maximum absolute atomic E-state index is 11.2. The topological polar surface area (TPSA) is 53.5 Å². The van der Waals surface area contributed by atoms with Gasteiger partial charge in [-0.05, 0) is 12.8 Å². The van der Waals surface area contributed by atoms with Gasteiger partial charge in [-0.2, -0.15) is 0 Å². The first kappa shape index (κ1) is 8.87. The number of hydrogen-bond acceptors (Lipinski definition) is 4. The number of amides is 1. The molecule has 0 unspecified atom stereocenters. The highest BCUT2D eigenvalue weighted by Crippen LogP contribution is 2.18. The molecule has 2 N–H and O–H groups in total. The summed E-state index contributed by atoms with van der Waals surface area (Å²) in [6, 6.07) is 0.451. The third-order valence-electron chi connectivity index (χ3n) is 1.93. The van der Waals surface area contributed by atoms with E-state index in [2.05, 4.69) is 15.6 Å². The van der Waals surface area contributed by atoms with Gasteiger partial charge in [-0.25, -0.2) is 0 Å². The standard InChI is InChI=1S/C8H13N3OS/c12-7(11-6-1-2-6)5-10-8-9-3-4-13-8/h6H,1-5H2,(H,9,10)(H,11,12). The fourth-order valence-corrected chi connectivity index (χ4v) is 1.84. The number of nitrogens with zero attached hydrogens (tertiary/aromatic N) is 1. The molecule has 0 aromatic heterocycles. The largest absolute Gasteiger partial charge is 0.356 e. The second-order valence-electron chi connectivity index (χ2n) is 3.23. The maximum Gasteiger partial charge on any atom is 0.239 e. The van der Waals surface area contributed by atoms with Crippen LogP contribution >= 0.6 is 11.8 Å². The summed E-state index contributed by atoms with van der Waals surface area (Å²) in [6.45, 7) is 1.24. The third-order valence-corrected chi connectivity index (χ3v) is 2.86.